The van der Waals surface area contributed by atoms with Crippen LogP contribution >= 0.6 is 0 Å². The largest absolute Gasteiger partial charge is 0.497 e. The van der Waals surface area contributed by atoms with Gasteiger partial charge in [0.1, 0.15) is 23.6 Å². The molecular formula is C27H32N4O4. The van der Waals surface area contributed by atoms with E-state index < -0.39 is 12.1 Å². The lowest BCUT2D eigenvalue weighted by Crippen LogP contribution is -2.63. The summed E-state index contributed by atoms with van der Waals surface area (Å²) in [6.45, 7) is 1.52. The molecule has 0 saturated carbocycles. The number of benzene rings is 2. The third-order valence-corrected chi connectivity index (χ3v) is 7.11. The van der Waals surface area contributed by atoms with Crippen LogP contribution in [0.2, 0.25) is 0 Å². The van der Waals surface area contributed by atoms with Crippen LogP contribution in [0.25, 0.3) is 10.9 Å². The number of ether oxygens (including phenoxy) is 2. The van der Waals surface area contributed by atoms with Crippen LogP contribution in [0.15, 0.2) is 42.5 Å². The number of methoxy groups -OCH3 is 2. The highest BCUT2D eigenvalue weighted by Gasteiger charge is 2.48. The van der Waals surface area contributed by atoms with Gasteiger partial charge in [-0.05, 0) is 56.9 Å². The first-order chi connectivity index (χ1) is 16.9. The summed E-state index contributed by atoms with van der Waals surface area (Å²) in [7, 11) is 7.26. The number of amides is 2. The van der Waals surface area contributed by atoms with Crippen molar-refractivity contribution in [1.82, 2.24) is 19.7 Å². The van der Waals surface area contributed by atoms with Gasteiger partial charge in [-0.15, -0.1) is 0 Å². The molecule has 5 rings (SSSR count). The summed E-state index contributed by atoms with van der Waals surface area (Å²) in [5.74, 6) is 1.26. The molecule has 2 aliphatic heterocycles. The number of para-hydroxylation sites is 1. The maximum absolute atomic E-state index is 13.8. The zero-order valence-corrected chi connectivity index (χ0v) is 20.7. The van der Waals surface area contributed by atoms with Crippen LogP contribution in [-0.4, -0.2) is 85.5 Å². The van der Waals surface area contributed by atoms with E-state index in [-0.39, 0.29) is 18.4 Å². The molecule has 3 aromatic rings. The molecule has 2 atom stereocenters. The minimum absolute atomic E-state index is 0.00569. The first-order valence-electron chi connectivity index (χ1n) is 12.0. The normalized spacial score (nSPS) is 19.8. The lowest BCUT2D eigenvalue weighted by molar-refractivity contribution is -0.158. The second kappa shape index (κ2) is 9.26. The molecule has 0 radical (unpaired) electrons. The Labute approximate surface area is 205 Å². The van der Waals surface area contributed by atoms with E-state index in [2.05, 4.69) is 16.0 Å². The summed E-state index contributed by atoms with van der Waals surface area (Å²) in [5, 5.41) is 1.08. The molecule has 1 fully saturated rings. The van der Waals surface area contributed by atoms with Crippen LogP contribution in [0.5, 0.6) is 11.5 Å². The van der Waals surface area contributed by atoms with Crippen molar-refractivity contribution in [2.45, 2.75) is 24.9 Å². The average Bonchev–Trinajstić information content (AvgIpc) is 3.23. The van der Waals surface area contributed by atoms with Gasteiger partial charge in [0.25, 0.3) is 0 Å². The molecule has 0 spiro atoms. The van der Waals surface area contributed by atoms with Crippen molar-refractivity contribution in [1.29, 1.82) is 0 Å². The molecule has 2 unspecified atom stereocenters. The number of aromatic nitrogens is 1. The van der Waals surface area contributed by atoms with Crippen LogP contribution < -0.4 is 9.47 Å². The second-order valence-electron chi connectivity index (χ2n) is 9.51. The summed E-state index contributed by atoms with van der Waals surface area (Å²) in [6.07, 6.45) is 1.31. The van der Waals surface area contributed by atoms with Gasteiger partial charge in [0.15, 0.2) is 0 Å². The molecule has 3 heterocycles. The number of nitrogens with zero attached hydrogens (tertiary/aromatic N) is 3. The molecule has 0 aliphatic carbocycles. The van der Waals surface area contributed by atoms with E-state index in [1.165, 1.54) is 0 Å². The van der Waals surface area contributed by atoms with Crippen LogP contribution in [0, 0.1) is 0 Å². The number of carbonyl (C=O) groups excluding carboxylic acids is 2. The molecule has 0 bridgehead atoms. The number of fused-ring (bicyclic) bond motifs is 4. The Balaban J connectivity index is 1.63. The maximum Gasteiger partial charge on any atom is 0.246 e. The highest BCUT2D eigenvalue weighted by Crippen LogP contribution is 2.45. The van der Waals surface area contributed by atoms with Crippen LogP contribution in [-0.2, 0) is 16.0 Å². The van der Waals surface area contributed by atoms with Gasteiger partial charge >= 0.3 is 0 Å². The first kappa shape index (κ1) is 23.2. The number of hydrogen-bond acceptors (Lipinski definition) is 5. The molecule has 184 valence electrons. The molecule has 1 N–H and O–H groups in total. The lowest BCUT2D eigenvalue weighted by atomic mass is 9.85. The van der Waals surface area contributed by atoms with Crippen LogP contribution in [0.1, 0.15) is 29.3 Å². The van der Waals surface area contributed by atoms with Crippen molar-refractivity contribution in [2.24, 2.45) is 0 Å². The van der Waals surface area contributed by atoms with Crippen molar-refractivity contribution in [3.63, 3.8) is 0 Å². The Bertz CT molecular complexity index is 1270. The predicted octanol–water partition coefficient (Wildman–Crippen LogP) is 2.82. The zero-order valence-electron chi connectivity index (χ0n) is 20.7. The topological polar surface area (TPSA) is 78.1 Å². The number of H-pyrrole nitrogens is 1. The number of hydrogen-bond donors (Lipinski definition) is 1. The lowest BCUT2D eigenvalue weighted by Gasteiger charge is -2.47. The third kappa shape index (κ3) is 4.01. The van der Waals surface area contributed by atoms with E-state index in [0.29, 0.717) is 24.5 Å². The Morgan fingerprint density at radius 1 is 1.09 bits per heavy atom. The minimum Gasteiger partial charge on any atom is -0.497 e. The summed E-state index contributed by atoms with van der Waals surface area (Å²) in [4.78, 5) is 36.6. The number of rotatable bonds is 7. The second-order valence-corrected chi connectivity index (χ2v) is 9.51. The van der Waals surface area contributed by atoms with Gasteiger partial charge in [-0.25, -0.2) is 0 Å². The fourth-order valence-electron chi connectivity index (χ4n) is 5.47. The molecule has 8 heteroatoms. The molecule has 2 aromatic carbocycles. The number of carbonyl (C=O) groups is 2. The molecular weight excluding hydrogens is 444 g/mol. The summed E-state index contributed by atoms with van der Waals surface area (Å²) in [5.41, 5.74) is 3.79. The highest BCUT2D eigenvalue weighted by atomic mass is 16.5. The first-order valence-corrected chi connectivity index (χ1v) is 12.0. The van der Waals surface area contributed by atoms with Crippen molar-refractivity contribution in [2.75, 3.05) is 47.9 Å². The Morgan fingerprint density at radius 2 is 1.89 bits per heavy atom. The Morgan fingerprint density at radius 3 is 2.63 bits per heavy atom. The molecule has 35 heavy (non-hydrogen) atoms. The molecule has 1 aromatic heterocycles. The number of piperazine rings is 1. The molecule has 2 amide bonds. The Kier molecular flexibility index (Phi) is 6.15. The van der Waals surface area contributed by atoms with Gasteiger partial charge in [0.05, 0.1) is 20.8 Å². The van der Waals surface area contributed by atoms with Crippen molar-refractivity contribution < 1.29 is 19.1 Å². The molecule has 8 nitrogen and oxygen atoms in total. The van der Waals surface area contributed by atoms with Crippen LogP contribution in [0.4, 0.5) is 0 Å². The SMILES string of the molecule is COc1ccc(OC)c(C2c3[nH]c4ccccc4c3CC3C(=O)N(CCCN(C)C)CC(=O)N32)c1. The fraction of sp³-hybridized carbons (Fsp3) is 0.407. The standard InChI is InChI=1S/C27H32N4O4/c1-29(2)12-7-13-30-16-24(32)31-22(27(30)33)15-19-18-8-5-6-9-21(18)28-25(19)26(31)20-14-17(34-3)10-11-23(20)35-4/h5-6,8-11,14,22,26,28H,7,12-13,15-16H2,1-4H3. The summed E-state index contributed by atoms with van der Waals surface area (Å²) >= 11 is 0. The summed E-state index contributed by atoms with van der Waals surface area (Å²) in [6, 6.07) is 12.6. The Hall–Kier alpha value is -3.52. The van der Waals surface area contributed by atoms with Crippen molar-refractivity contribution in [3.05, 3.63) is 59.3 Å². The van der Waals surface area contributed by atoms with Gasteiger partial charge in [-0.2, -0.15) is 0 Å². The van der Waals surface area contributed by atoms with E-state index in [4.69, 9.17) is 9.47 Å². The van der Waals surface area contributed by atoms with Crippen molar-refractivity contribution in [3.8, 4) is 11.5 Å². The van der Waals surface area contributed by atoms with E-state index >= 15 is 0 Å². The van der Waals surface area contributed by atoms with Gasteiger partial charge < -0.3 is 29.2 Å². The minimum atomic E-state index is -0.566. The van der Waals surface area contributed by atoms with Gasteiger partial charge in [0, 0.05) is 35.1 Å². The quantitative estimate of drug-likeness (QED) is 0.568. The number of nitrogens with one attached hydrogen (secondary N) is 1. The fourth-order valence-corrected chi connectivity index (χ4v) is 5.47. The predicted molar refractivity (Wildman–Crippen MR) is 134 cm³/mol. The van der Waals surface area contributed by atoms with E-state index in [0.717, 1.165) is 40.7 Å². The highest BCUT2D eigenvalue weighted by molar-refractivity contribution is 5.97. The maximum atomic E-state index is 13.8. The van der Waals surface area contributed by atoms with E-state index in [9.17, 15) is 9.59 Å². The van der Waals surface area contributed by atoms with E-state index in [1.54, 1.807) is 24.0 Å². The van der Waals surface area contributed by atoms with Crippen molar-refractivity contribution >= 4 is 22.7 Å². The van der Waals surface area contributed by atoms with Gasteiger partial charge in [-0.1, -0.05) is 18.2 Å². The summed E-state index contributed by atoms with van der Waals surface area (Å²) < 4.78 is 11.2. The van der Waals surface area contributed by atoms with E-state index in [1.807, 2.05) is 50.5 Å². The monoisotopic (exact) mass is 476 g/mol. The molecule has 1 saturated heterocycles. The third-order valence-electron chi connectivity index (χ3n) is 7.11. The molecule has 2 aliphatic rings. The zero-order chi connectivity index (χ0) is 24.7. The smallest absolute Gasteiger partial charge is 0.246 e. The number of aromatic amines is 1. The van der Waals surface area contributed by atoms with Gasteiger partial charge in [0.2, 0.25) is 11.8 Å². The van der Waals surface area contributed by atoms with Gasteiger partial charge in [-0.3, -0.25) is 9.59 Å². The van der Waals surface area contributed by atoms with Crippen LogP contribution in [0.3, 0.4) is 0 Å². The average molecular weight is 477 g/mol.